The molecule has 1 aliphatic heterocycles. The number of amides is 1. The highest BCUT2D eigenvalue weighted by atomic mass is 16.3. The van der Waals surface area contributed by atoms with Crippen LogP contribution in [-0.4, -0.2) is 32.9 Å². The van der Waals surface area contributed by atoms with Crippen LogP contribution in [0.5, 0.6) is 0 Å². The van der Waals surface area contributed by atoms with E-state index in [0.717, 1.165) is 60.5 Å². The highest BCUT2D eigenvalue weighted by Crippen LogP contribution is 2.25. The number of nitrogens with zero attached hydrogens (tertiary/aromatic N) is 3. The maximum absolute atomic E-state index is 13.2. The third-order valence-corrected chi connectivity index (χ3v) is 5.40. The predicted molar refractivity (Wildman–Crippen MR) is 101 cm³/mol. The molecule has 0 aliphatic carbocycles. The van der Waals surface area contributed by atoms with Crippen LogP contribution in [0.4, 0.5) is 0 Å². The first-order valence-electron chi connectivity index (χ1n) is 9.41. The maximum Gasteiger partial charge on any atom is 0.254 e. The van der Waals surface area contributed by atoms with Gasteiger partial charge < -0.3 is 13.9 Å². The molecule has 4 rings (SSSR count). The van der Waals surface area contributed by atoms with Crippen LogP contribution < -0.4 is 0 Å². The van der Waals surface area contributed by atoms with E-state index < -0.39 is 0 Å². The Morgan fingerprint density at radius 1 is 1.27 bits per heavy atom. The van der Waals surface area contributed by atoms with E-state index in [2.05, 4.69) is 14.5 Å². The van der Waals surface area contributed by atoms with E-state index in [9.17, 15) is 4.79 Å². The number of fused-ring (bicyclic) bond motifs is 1. The fourth-order valence-corrected chi connectivity index (χ4v) is 3.97. The van der Waals surface area contributed by atoms with Crippen LogP contribution in [0.2, 0.25) is 0 Å². The van der Waals surface area contributed by atoms with Gasteiger partial charge in [0.2, 0.25) is 0 Å². The van der Waals surface area contributed by atoms with Crippen molar-refractivity contribution in [1.29, 1.82) is 0 Å². The zero-order chi connectivity index (χ0) is 18.1. The van der Waals surface area contributed by atoms with Crippen LogP contribution >= 0.6 is 0 Å². The van der Waals surface area contributed by atoms with Gasteiger partial charge in [-0.2, -0.15) is 0 Å². The van der Waals surface area contributed by atoms with Gasteiger partial charge in [-0.1, -0.05) is 0 Å². The molecule has 0 saturated carbocycles. The van der Waals surface area contributed by atoms with Crippen molar-refractivity contribution in [3.05, 3.63) is 53.8 Å². The van der Waals surface area contributed by atoms with E-state index in [1.54, 1.807) is 0 Å². The summed E-state index contributed by atoms with van der Waals surface area (Å²) in [4.78, 5) is 19.5. The van der Waals surface area contributed by atoms with Crippen molar-refractivity contribution >= 4 is 16.9 Å². The van der Waals surface area contributed by atoms with Crippen molar-refractivity contribution < 1.29 is 9.21 Å². The maximum atomic E-state index is 13.2. The van der Waals surface area contributed by atoms with Crippen molar-refractivity contribution in [2.24, 2.45) is 0 Å². The van der Waals surface area contributed by atoms with Gasteiger partial charge >= 0.3 is 0 Å². The van der Waals surface area contributed by atoms with Crippen molar-refractivity contribution in [2.45, 2.75) is 52.1 Å². The number of piperidine rings is 1. The molecule has 0 unspecified atom stereocenters. The number of rotatable bonds is 4. The van der Waals surface area contributed by atoms with E-state index in [0.29, 0.717) is 6.04 Å². The number of hydrogen-bond acceptors (Lipinski definition) is 3. The van der Waals surface area contributed by atoms with E-state index >= 15 is 0 Å². The Morgan fingerprint density at radius 2 is 2.15 bits per heavy atom. The molecule has 1 amide bonds. The Hall–Kier alpha value is -2.56. The number of imidazole rings is 1. The van der Waals surface area contributed by atoms with Gasteiger partial charge in [0.15, 0.2) is 0 Å². The number of aromatic nitrogens is 2. The molecule has 3 heterocycles. The molecule has 1 saturated heterocycles. The average Bonchev–Trinajstić information content (AvgIpc) is 3.23. The third-order valence-electron chi connectivity index (χ3n) is 5.40. The first-order chi connectivity index (χ1) is 12.6. The number of hydrogen-bond donors (Lipinski definition) is 0. The number of furan rings is 1. The van der Waals surface area contributed by atoms with E-state index in [1.165, 1.54) is 6.42 Å². The summed E-state index contributed by atoms with van der Waals surface area (Å²) in [6.45, 7) is 5.70. The Bertz CT molecular complexity index is 924. The number of benzene rings is 1. The van der Waals surface area contributed by atoms with Gasteiger partial charge in [-0.15, -0.1) is 0 Å². The smallest absolute Gasteiger partial charge is 0.254 e. The Labute approximate surface area is 153 Å². The Morgan fingerprint density at radius 3 is 2.96 bits per heavy atom. The number of likely N-dealkylation sites (tertiary alicyclic amines) is 1. The molecule has 0 spiro atoms. The molecule has 3 aromatic rings. The summed E-state index contributed by atoms with van der Waals surface area (Å²) in [5.41, 5.74) is 1.59. The molecular formula is C21H25N3O2. The summed E-state index contributed by atoms with van der Waals surface area (Å²) >= 11 is 0. The van der Waals surface area contributed by atoms with E-state index in [4.69, 9.17) is 4.42 Å². The van der Waals surface area contributed by atoms with Crippen LogP contribution in [0.3, 0.4) is 0 Å². The molecule has 2 aromatic heterocycles. The summed E-state index contributed by atoms with van der Waals surface area (Å²) in [6.07, 6.45) is 8.17. The van der Waals surface area contributed by atoms with Crippen LogP contribution in [0.1, 0.15) is 47.6 Å². The molecule has 1 atom stereocenters. The molecule has 0 bridgehead atoms. The van der Waals surface area contributed by atoms with Gasteiger partial charge in [0, 0.05) is 42.5 Å². The average molecular weight is 351 g/mol. The van der Waals surface area contributed by atoms with Crippen molar-refractivity contribution in [1.82, 2.24) is 14.5 Å². The van der Waals surface area contributed by atoms with Crippen molar-refractivity contribution in [3.63, 3.8) is 0 Å². The van der Waals surface area contributed by atoms with Crippen molar-refractivity contribution in [3.8, 4) is 0 Å². The van der Waals surface area contributed by atoms with Crippen LogP contribution in [0.15, 0.2) is 41.1 Å². The van der Waals surface area contributed by atoms with Crippen LogP contribution in [0.25, 0.3) is 11.0 Å². The number of aryl methyl sites for hydroxylation is 3. The van der Waals surface area contributed by atoms with Crippen LogP contribution in [0, 0.1) is 13.8 Å². The molecule has 136 valence electrons. The molecule has 26 heavy (non-hydrogen) atoms. The fourth-order valence-electron chi connectivity index (χ4n) is 3.97. The minimum absolute atomic E-state index is 0.137. The quantitative estimate of drug-likeness (QED) is 0.703. The highest BCUT2D eigenvalue weighted by Gasteiger charge is 2.27. The first-order valence-corrected chi connectivity index (χ1v) is 9.41. The molecule has 1 fully saturated rings. The first kappa shape index (κ1) is 16.9. The zero-order valence-electron chi connectivity index (χ0n) is 15.4. The lowest BCUT2D eigenvalue weighted by molar-refractivity contribution is 0.0595. The fraction of sp³-hybridized carbons (Fsp3) is 0.429. The minimum Gasteiger partial charge on any atom is -0.461 e. The molecule has 0 N–H and O–H groups in total. The van der Waals surface area contributed by atoms with Gasteiger partial charge in [-0.25, -0.2) is 4.98 Å². The second kappa shape index (κ2) is 6.98. The second-order valence-corrected chi connectivity index (χ2v) is 7.21. The summed E-state index contributed by atoms with van der Waals surface area (Å²) < 4.78 is 7.79. The molecule has 5 nitrogen and oxygen atoms in total. The third kappa shape index (κ3) is 3.26. The lowest BCUT2D eigenvalue weighted by Gasteiger charge is -2.36. The summed E-state index contributed by atoms with van der Waals surface area (Å²) in [6, 6.07) is 8.03. The topological polar surface area (TPSA) is 51.3 Å². The second-order valence-electron chi connectivity index (χ2n) is 7.21. The molecular weight excluding hydrogens is 326 g/mol. The van der Waals surface area contributed by atoms with Gasteiger partial charge in [0.05, 0.1) is 0 Å². The largest absolute Gasteiger partial charge is 0.461 e. The van der Waals surface area contributed by atoms with Gasteiger partial charge in [-0.3, -0.25) is 4.79 Å². The SMILES string of the molecule is Cc1cc2cc(C(=O)N3CCCC[C@@H]3CCn3ccnc3C)ccc2o1. The summed E-state index contributed by atoms with van der Waals surface area (Å²) in [5.74, 6) is 2.04. The molecule has 1 aromatic carbocycles. The Balaban J connectivity index is 1.52. The number of carbonyl (C=O) groups is 1. The summed E-state index contributed by atoms with van der Waals surface area (Å²) in [7, 11) is 0. The number of carbonyl (C=O) groups excluding carboxylic acids is 1. The highest BCUT2D eigenvalue weighted by molar-refractivity contribution is 5.98. The lowest BCUT2D eigenvalue weighted by Crippen LogP contribution is -2.44. The lowest BCUT2D eigenvalue weighted by atomic mass is 9.98. The molecule has 0 radical (unpaired) electrons. The normalized spacial score (nSPS) is 17.8. The van der Waals surface area contributed by atoms with Gasteiger partial charge in [-0.05, 0) is 63.8 Å². The standard InChI is InChI=1S/C21H25N3O2/c1-15-13-18-14-17(6-7-20(18)26-15)21(25)24-10-4-3-5-19(24)8-11-23-12-9-22-16(23)2/h6-7,9,12-14,19H,3-5,8,10-11H2,1-2H3/t19-/m1/s1. The van der Waals surface area contributed by atoms with E-state index in [1.807, 2.05) is 50.5 Å². The molecule has 1 aliphatic rings. The summed E-state index contributed by atoms with van der Waals surface area (Å²) in [5, 5.41) is 0.996. The predicted octanol–water partition coefficient (Wildman–Crippen LogP) is 4.33. The minimum atomic E-state index is 0.137. The van der Waals surface area contributed by atoms with Gasteiger partial charge in [0.1, 0.15) is 17.2 Å². The monoisotopic (exact) mass is 351 g/mol. The Kier molecular flexibility index (Phi) is 4.53. The zero-order valence-corrected chi connectivity index (χ0v) is 15.4. The van der Waals surface area contributed by atoms with Crippen LogP contribution in [-0.2, 0) is 6.54 Å². The van der Waals surface area contributed by atoms with E-state index in [-0.39, 0.29) is 5.91 Å². The van der Waals surface area contributed by atoms with Crippen molar-refractivity contribution in [2.75, 3.05) is 6.54 Å². The van der Waals surface area contributed by atoms with Gasteiger partial charge in [0.25, 0.3) is 5.91 Å². The molecule has 5 heteroatoms.